The molecule has 0 spiro atoms. The molecule has 0 aromatic heterocycles. The van der Waals surface area contributed by atoms with Crippen LogP contribution in [0.2, 0.25) is 0 Å². The molecule has 0 saturated heterocycles. The molecule has 0 amide bonds. The van der Waals surface area contributed by atoms with Crippen molar-refractivity contribution >= 4 is 0 Å². The maximum Gasteiger partial charge on any atom is 0.126 e. The highest BCUT2D eigenvalue weighted by atomic mass is 16.5. The number of nitrogens with two attached hydrogens (primary N) is 1. The zero-order valence-corrected chi connectivity index (χ0v) is 13.3. The predicted octanol–water partition coefficient (Wildman–Crippen LogP) is 2.62. The molecule has 0 radical (unpaired) electrons. The lowest BCUT2D eigenvalue weighted by atomic mass is 9.73. The van der Waals surface area contributed by atoms with Crippen LogP contribution in [0.15, 0.2) is 12.1 Å². The molecule has 3 nitrogen and oxygen atoms in total. The first kappa shape index (κ1) is 15.3. The molecule has 2 rings (SSSR count). The van der Waals surface area contributed by atoms with Crippen LogP contribution in [0.3, 0.4) is 0 Å². The van der Waals surface area contributed by atoms with Gasteiger partial charge in [0.2, 0.25) is 0 Å². The van der Waals surface area contributed by atoms with Gasteiger partial charge in [0, 0.05) is 17.5 Å². The third-order valence-corrected chi connectivity index (χ3v) is 4.46. The van der Waals surface area contributed by atoms with E-state index < -0.39 is 0 Å². The van der Waals surface area contributed by atoms with Crippen LogP contribution in [0.1, 0.15) is 36.0 Å². The van der Waals surface area contributed by atoms with Gasteiger partial charge in [-0.05, 0) is 59.3 Å². The van der Waals surface area contributed by atoms with Gasteiger partial charge < -0.3 is 15.4 Å². The van der Waals surface area contributed by atoms with Crippen molar-refractivity contribution in [1.82, 2.24) is 4.90 Å². The van der Waals surface area contributed by atoms with E-state index >= 15 is 0 Å². The van der Waals surface area contributed by atoms with Crippen LogP contribution >= 0.6 is 0 Å². The molecular weight excluding hydrogens is 248 g/mol. The third-order valence-electron chi connectivity index (χ3n) is 4.46. The molecular formula is C17H28N2O. The van der Waals surface area contributed by atoms with Crippen LogP contribution in [0.25, 0.3) is 0 Å². The minimum absolute atomic E-state index is 0.0624. The topological polar surface area (TPSA) is 38.5 Å². The summed E-state index contributed by atoms with van der Waals surface area (Å²) in [5.74, 6) is 1.08. The summed E-state index contributed by atoms with van der Waals surface area (Å²) < 4.78 is 6.03. The van der Waals surface area contributed by atoms with Gasteiger partial charge in [-0.15, -0.1) is 0 Å². The Labute approximate surface area is 123 Å². The van der Waals surface area contributed by atoms with Crippen molar-refractivity contribution in [3.8, 4) is 5.75 Å². The monoisotopic (exact) mass is 276 g/mol. The molecule has 1 heterocycles. The highest BCUT2D eigenvalue weighted by Gasteiger charge is 2.35. The summed E-state index contributed by atoms with van der Waals surface area (Å²) in [7, 11) is 4.25. The van der Waals surface area contributed by atoms with E-state index in [1.807, 2.05) is 0 Å². The maximum atomic E-state index is 6.23. The van der Waals surface area contributed by atoms with Gasteiger partial charge in [0.15, 0.2) is 0 Å². The van der Waals surface area contributed by atoms with Crippen LogP contribution in [-0.4, -0.2) is 38.7 Å². The van der Waals surface area contributed by atoms with Crippen molar-refractivity contribution in [2.45, 2.75) is 38.5 Å². The summed E-state index contributed by atoms with van der Waals surface area (Å²) in [4.78, 5) is 2.24. The molecule has 3 heteroatoms. The Kier molecular flexibility index (Phi) is 4.71. The van der Waals surface area contributed by atoms with Gasteiger partial charge >= 0.3 is 0 Å². The molecule has 0 fully saturated rings. The first-order valence-corrected chi connectivity index (χ1v) is 7.58. The molecule has 112 valence electrons. The van der Waals surface area contributed by atoms with Crippen LogP contribution in [0, 0.1) is 13.8 Å². The van der Waals surface area contributed by atoms with E-state index in [1.165, 1.54) is 16.7 Å². The second kappa shape index (κ2) is 6.15. The molecule has 2 N–H and O–H groups in total. The molecule has 1 aliphatic rings. The number of ether oxygens (including phenoxy) is 1. The number of rotatable bonds is 4. The van der Waals surface area contributed by atoms with Crippen molar-refractivity contribution < 1.29 is 4.74 Å². The first-order valence-electron chi connectivity index (χ1n) is 7.58. The highest BCUT2D eigenvalue weighted by molar-refractivity contribution is 5.48. The predicted molar refractivity (Wildman–Crippen MR) is 84.5 cm³/mol. The summed E-state index contributed by atoms with van der Waals surface area (Å²) in [5, 5.41) is 0. The van der Waals surface area contributed by atoms with E-state index in [-0.39, 0.29) is 5.41 Å². The van der Waals surface area contributed by atoms with Gasteiger partial charge in [-0.1, -0.05) is 17.7 Å². The van der Waals surface area contributed by atoms with Crippen LogP contribution < -0.4 is 10.5 Å². The van der Waals surface area contributed by atoms with E-state index in [9.17, 15) is 0 Å². The lowest BCUT2D eigenvalue weighted by Gasteiger charge is -2.34. The number of aryl methyl sites for hydroxylation is 2. The van der Waals surface area contributed by atoms with Crippen molar-refractivity contribution in [3.63, 3.8) is 0 Å². The van der Waals surface area contributed by atoms with Crippen LogP contribution in [-0.2, 0) is 5.41 Å². The molecule has 1 aliphatic heterocycles. The molecule has 1 aromatic rings. The second-order valence-electron chi connectivity index (χ2n) is 6.45. The lowest BCUT2D eigenvalue weighted by molar-refractivity contribution is 0.290. The van der Waals surface area contributed by atoms with Gasteiger partial charge in [0.1, 0.15) is 5.75 Å². The number of benzene rings is 1. The summed E-state index contributed by atoms with van der Waals surface area (Å²) >= 11 is 0. The molecule has 20 heavy (non-hydrogen) atoms. The van der Waals surface area contributed by atoms with Gasteiger partial charge in [-0.3, -0.25) is 0 Å². The van der Waals surface area contributed by atoms with Crippen molar-refractivity contribution in [2.24, 2.45) is 5.73 Å². The van der Waals surface area contributed by atoms with E-state index in [4.69, 9.17) is 10.5 Å². The largest absolute Gasteiger partial charge is 0.493 e. The normalized spacial score (nSPS) is 22.3. The summed E-state index contributed by atoms with van der Waals surface area (Å²) in [6.45, 7) is 6.86. The fourth-order valence-electron chi connectivity index (χ4n) is 3.27. The fourth-order valence-corrected chi connectivity index (χ4v) is 3.27. The molecule has 0 saturated carbocycles. The average Bonchev–Trinajstić information content (AvgIpc) is 2.57. The summed E-state index contributed by atoms with van der Waals surface area (Å²) in [5.41, 5.74) is 10.2. The van der Waals surface area contributed by atoms with Gasteiger partial charge in [-0.2, -0.15) is 0 Å². The molecule has 0 bridgehead atoms. The molecule has 1 unspecified atom stereocenters. The van der Waals surface area contributed by atoms with Crippen LogP contribution in [0.4, 0.5) is 0 Å². The minimum Gasteiger partial charge on any atom is -0.493 e. The Morgan fingerprint density at radius 1 is 1.30 bits per heavy atom. The average molecular weight is 276 g/mol. The van der Waals surface area contributed by atoms with Crippen molar-refractivity contribution in [3.05, 3.63) is 28.8 Å². The zero-order chi connectivity index (χ0) is 14.8. The molecule has 1 aromatic carbocycles. The Morgan fingerprint density at radius 3 is 2.70 bits per heavy atom. The summed E-state index contributed by atoms with van der Waals surface area (Å²) in [6.07, 6.45) is 3.29. The standard InChI is InChI=1S/C17H28N2O/c1-13-10-14(2)16-15(11-13)17(12-18,6-5-9-20-16)7-8-19(3)4/h10-11H,5-9,12,18H2,1-4H3. The van der Waals surface area contributed by atoms with Crippen molar-refractivity contribution in [1.29, 1.82) is 0 Å². The quantitative estimate of drug-likeness (QED) is 0.919. The smallest absolute Gasteiger partial charge is 0.126 e. The Balaban J connectivity index is 2.47. The minimum atomic E-state index is 0.0624. The van der Waals surface area contributed by atoms with E-state index in [1.54, 1.807) is 0 Å². The number of hydrogen-bond acceptors (Lipinski definition) is 3. The van der Waals surface area contributed by atoms with Gasteiger partial charge in [0.25, 0.3) is 0 Å². The van der Waals surface area contributed by atoms with Gasteiger partial charge in [-0.25, -0.2) is 0 Å². The Hall–Kier alpha value is -1.06. The lowest BCUT2D eigenvalue weighted by Crippen LogP contribution is -2.38. The highest BCUT2D eigenvalue weighted by Crippen LogP contribution is 2.42. The SMILES string of the molecule is Cc1cc(C)c2c(c1)C(CN)(CCN(C)C)CCCO2. The molecule has 0 aliphatic carbocycles. The number of nitrogens with zero attached hydrogens (tertiary/aromatic N) is 1. The Morgan fingerprint density at radius 2 is 2.05 bits per heavy atom. The first-order chi connectivity index (χ1) is 9.48. The number of hydrogen-bond donors (Lipinski definition) is 1. The summed E-state index contributed by atoms with van der Waals surface area (Å²) in [6, 6.07) is 4.49. The fraction of sp³-hybridized carbons (Fsp3) is 0.647. The van der Waals surface area contributed by atoms with E-state index in [2.05, 4.69) is 45.0 Å². The second-order valence-corrected chi connectivity index (χ2v) is 6.45. The van der Waals surface area contributed by atoms with Crippen molar-refractivity contribution in [2.75, 3.05) is 33.8 Å². The Bertz CT molecular complexity index is 470. The van der Waals surface area contributed by atoms with E-state index in [0.29, 0.717) is 6.54 Å². The third kappa shape index (κ3) is 2.99. The number of fused-ring (bicyclic) bond motifs is 1. The van der Waals surface area contributed by atoms with Gasteiger partial charge in [0.05, 0.1) is 6.61 Å². The molecule has 1 atom stereocenters. The van der Waals surface area contributed by atoms with E-state index in [0.717, 1.165) is 38.2 Å². The van der Waals surface area contributed by atoms with Crippen LogP contribution in [0.5, 0.6) is 5.75 Å². The zero-order valence-electron chi connectivity index (χ0n) is 13.3. The maximum absolute atomic E-state index is 6.23.